The molecule has 5 atom stereocenters. The first kappa shape index (κ1) is 23.5. The first-order valence-electron chi connectivity index (χ1n) is 12.0. The number of nitrogens with one attached hydrogen (secondary N) is 2. The highest BCUT2D eigenvalue weighted by molar-refractivity contribution is 5.96. The van der Waals surface area contributed by atoms with Crippen LogP contribution in [0.5, 0.6) is 0 Å². The first-order valence-corrected chi connectivity index (χ1v) is 11.6. The van der Waals surface area contributed by atoms with Crippen LogP contribution in [0.2, 0.25) is 0 Å². The van der Waals surface area contributed by atoms with Crippen LogP contribution in [0.15, 0.2) is 12.2 Å². The quantitative estimate of drug-likeness (QED) is 0.458. The van der Waals surface area contributed by atoms with Crippen molar-refractivity contribution in [3.05, 3.63) is 12.2 Å². The largest absolute Gasteiger partial charge is 0.479 e. The lowest BCUT2D eigenvalue weighted by atomic mass is 10.0. The molecular formula is C23H35N3O7. The van der Waals surface area contributed by atoms with Crippen molar-refractivity contribution in [2.45, 2.75) is 95.0 Å². The monoisotopic (exact) mass is 467 g/mol. The van der Waals surface area contributed by atoms with Gasteiger partial charge in [-0.1, -0.05) is 25.0 Å². The number of amides is 3. The number of nitrogens with zero attached hydrogens (tertiary/aromatic N) is 1. The Bertz CT molecular complexity index is 843. The number of carbonyl (C=O) groups excluding carboxylic acids is 3. The lowest BCUT2D eigenvalue weighted by molar-refractivity contribution is -0.145. The van der Waals surface area contributed by atoms with Crippen molar-refractivity contribution in [1.82, 2.24) is 15.5 Å². The van der Waals surface area contributed by atoms with Crippen molar-refractivity contribution in [2.24, 2.45) is 5.92 Å². The maximum atomic E-state index is 13.5. The number of carboxylic acids is 1. The molecule has 0 aromatic carbocycles. The summed E-state index contributed by atoms with van der Waals surface area (Å²) in [5, 5.41) is 19.8. The van der Waals surface area contributed by atoms with E-state index in [0.717, 1.165) is 19.3 Å². The molecule has 3 rings (SSSR count). The summed E-state index contributed by atoms with van der Waals surface area (Å²) in [6.07, 6.45) is 6.16. The summed E-state index contributed by atoms with van der Waals surface area (Å²) in [5.41, 5.74) is -2.14. The molecule has 0 aromatic heterocycles. The summed E-state index contributed by atoms with van der Waals surface area (Å²) in [6, 6.07) is -1.92. The first-order chi connectivity index (χ1) is 16.0. The second-order valence-corrected chi connectivity index (χ2v) is 10.2. The molecule has 184 valence electrons. The van der Waals surface area contributed by atoms with Crippen LogP contribution in [0, 0.1) is 5.92 Å². The van der Waals surface area contributed by atoms with Gasteiger partial charge in [-0.25, -0.2) is 9.59 Å². The average Bonchev–Trinajstić information content (AvgIpc) is 3.26. The normalized spacial score (nSPS) is 34.5. The number of hydrogen-bond donors (Lipinski definition) is 4. The summed E-state index contributed by atoms with van der Waals surface area (Å²) < 4.78 is 12.6. The summed E-state index contributed by atoms with van der Waals surface area (Å²) in [6.45, 7) is 5.16. The SMILES string of the molecule is [3H]O[C@@H]1C[C@H]2C(=O)N[C@]3(C(=O)O)C[C@H]3/C=C\CCCCC[C@H](NC(=O)OC(C)(C)C)C(=O)N2C1. The van der Waals surface area contributed by atoms with Gasteiger partial charge in [0.25, 0.3) is 0 Å². The Labute approximate surface area is 195 Å². The molecule has 2 heterocycles. The van der Waals surface area contributed by atoms with E-state index >= 15 is 0 Å². The van der Waals surface area contributed by atoms with Gasteiger partial charge < -0.3 is 30.5 Å². The van der Waals surface area contributed by atoms with E-state index in [1.165, 1.54) is 4.90 Å². The average molecular weight is 468 g/mol. The zero-order valence-electron chi connectivity index (χ0n) is 20.5. The number of carboxylic acid groups (broad SMARTS) is 1. The lowest BCUT2D eigenvalue weighted by Gasteiger charge is -2.30. The predicted octanol–water partition coefficient (Wildman–Crippen LogP) is 1.32. The number of aliphatic hydroxyl groups excluding tert-OH is 1. The molecule has 2 fully saturated rings. The smallest absolute Gasteiger partial charge is 0.408 e. The zero-order chi connectivity index (χ0) is 25.1. The van der Waals surface area contributed by atoms with Crippen LogP contribution in [-0.4, -0.2) is 76.3 Å². The molecule has 3 aliphatic rings. The summed E-state index contributed by atoms with van der Waals surface area (Å²) in [5.74, 6) is -2.50. The summed E-state index contributed by atoms with van der Waals surface area (Å²) >= 11 is 0. The number of ether oxygens (including phenoxy) is 1. The number of rotatable bonds is 3. The summed E-state index contributed by atoms with van der Waals surface area (Å²) in [7, 11) is 0. The topological polar surface area (TPSA) is 145 Å². The van der Waals surface area contributed by atoms with Crippen molar-refractivity contribution in [2.75, 3.05) is 6.54 Å². The van der Waals surface area contributed by atoms with Gasteiger partial charge in [0.05, 0.1) is 6.10 Å². The standard InChI is InChI=1S/C23H35N3O7/c1-22(2,3)33-21(32)24-16-10-8-6-4-5-7-9-14-12-23(14,20(30)31)25-18(28)17-11-15(27)13-26(17)19(16)29/h7,9,14-17,27H,4-6,8,10-13H2,1-3H3,(H,24,32)(H,25,28)(H,30,31)/b9-7-/t14-,15-,16+,17+,23-/m1/s1/i27T. The fraction of sp³-hybridized carbons (Fsp3) is 0.739. The van der Waals surface area contributed by atoms with Gasteiger partial charge in [0.15, 0.2) is 0 Å². The second kappa shape index (κ2) is 9.70. The highest BCUT2D eigenvalue weighted by Gasteiger charge is 2.61. The molecule has 1 aliphatic carbocycles. The number of aliphatic carboxylic acids is 1. The van der Waals surface area contributed by atoms with E-state index in [9.17, 15) is 24.3 Å². The molecule has 2 aliphatic heterocycles. The number of carbonyl (C=O) groups is 4. The molecule has 1 saturated carbocycles. The van der Waals surface area contributed by atoms with Crippen molar-refractivity contribution in [3.63, 3.8) is 0 Å². The minimum Gasteiger partial charge on any atom is -0.479 e. The Balaban J connectivity index is 1.85. The highest BCUT2D eigenvalue weighted by Crippen LogP contribution is 2.45. The van der Waals surface area contributed by atoms with Gasteiger partial charge in [0.1, 0.15) is 23.2 Å². The third-order valence-electron chi connectivity index (χ3n) is 6.31. The Morgan fingerprint density at radius 3 is 2.73 bits per heavy atom. The van der Waals surface area contributed by atoms with Crippen molar-refractivity contribution in [3.8, 4) is 0 Å². The van der Waals surface area contributed by atoms with Crippen LogP contribution in [0.25, 0.3) is 0 Å². The van der Waals surface area contributed by atoms with Gasteiger partial charge in [-0.3, -0.25) is 9.59 Å². The van der Waals surface area contributed by atoms with Gasteiger partial charge in [-0.15, -0.1) is 0 Å². The van der Waals surface area contributed by atoms with Gasteiger partial charge in [-0.2, -0.15) is 0 Å². The molecule has 10 heteroatoms. The maximum absolute atomic E-state index is 13.5. The second-order valence-electron chi connectivity index (χ2n) is 10.2. The lowest BCUT2D eigenvalue weighted by Crippen LogP contribution is -2.56. The number of fused-ring (bicyclic) bond motifs is 2. The Morgan fingerprint density at radius 1 is 1.30 bits per heavy atom. The highest BCUT2D eigenvalue weighted by atomic mass is 16.6. The van der Waals surface area contributed by atoms with Crippen LogP contribution in [0.1, 0.15) is 65.7 Å². The van der Waals surface area contributed by atoms with Crippen LogP contribution in [-0.2, 0) is 19.1 Å². The predicted molar refractivity (Wildman–Crippen MR) is 118 cm³/mol. The number of allylic oxidation sites excluding steroid dienone is 1. The van der Waals surface area contributed by atoms with E-state index in [0.29, 0.717) is 12.8 Å². The van der Waals surface area contributed by atoms with Crippen molar-refractivity contribution < 1.29 is 34.1 Å². The van der Waals surface area contributed by atoms with Crippen molar-refractivity contribution in [1.29, 1.82) is 1.43 Å². The Kier molecular flexibility index (Phi) is 6.92. The maximum Gasteiger partial charge on any atom is 0.408 e. The molecule has 3 amide bonds. The van der Waals surface area contributed by atoms with Crippen LogP contribution < -0.4 is 10.6 Å². The molecule has 0 aromatic rings. The van der Waals surface area contributed by atoms with Gasteiger partial charge in [0.2, 0.25) is 13.2 Å². The molecule has 33 heavy (non-hydrogen) atoms. The Hall–Kier alpha value is -2.62. The zero-order valence-corrected chi connectivity index (χ0v) is 19.5. The minimum absolute atomic E-state index is 0.00365. The van der Waals surface area contributed by atoms with E-state index in [1.54, 1.807) is 20.8 Å². The number of hydrogen-bond acceptors (Lipinski definition) is 6. The fourth-order valence-electron chi connectivity index (χ4n) is 4.51. The minimum atomic E-state index is -1.39. The molecule has 0 unspecified atom stereocenters. The molecule has 10 nitrogen and oxygen atoms in total. The third-order valence-corrected chi connectivity index (χ3v) is 6.31. The number of aliphatic hydroxyl groups is 1. The third kappa shape index (κ3) is 6.04. The molecular weight excluding hydrogens is 430 g/mol. The molecule has 0 spiro atoms. The van der Waals surface area contributed by atoms with Crippen LogP contribution in [0.3, 0.4) is 0 Å². The Morgan fingerprint density at radius 2 is 2.06 bits per heavy atom. The van der Waals surface area contributed by atoms with Crippen LogP contribution in [0.4, 0.5) is 4.79 Å². The van der Waals surface area contributed by atoms with E-state index in [4.69, 9.17) is 6.17 Å². The van der Waals surface area contributed by atoms with E-state index in [-0.39, 0.29) is 25.3 Å². The van der Waals surface area contributed by atoms with Gasteiger partial charge in [-0.05, 0) is 46.5 Å². The van der Waals surface area contributed by atoms with E-state index in [1.807, 2.05) is 12.2 Å². The molecule has 0 radical (unpaired) electrons. The molecule has 4 N–H and O–H groups in total. The van der Waals surface area contributed by atoms with Gasteiger partial charge in [0, 0.05) is 18.9 Å². The molecule has 1 saturated heterocycles. The fourth-order valence-corrected chi connectivity index (χ4v) is 4.51. The van der Waals surface area contributed by atoms with Crippen LogP contribution >= 0.6 is 0 Å². The summed E-state index contributed by atoms with van der Waals surface area (Å²) in [4.78, 5) is 52.4. The number of alkyl carbamates (subject to hydrolysis) is 1. The van der Waals surface area contributed by atoms with Crippen molar-refractivity contribution >= 4 is 23.9 Å². The van der Waals surface area contributed by atoms with E-state index in [2.05, 4.69) is 15.7 Å². The van der Waals surface area contributed by atoms with Gasteiger partial charge >= 0.3 is 12.1 Å². The van der Waals surface area contributed by atoms with E-state index < -0.39 is 53.2 Å². The molecule has 0 bridgehead atoms.